The van der Waals surface area contributed by atoms with E-state index in [0.29, 0.717) is 5.02 Å². The molecule has 0 unspecified atom stereocenters. The summed E-state index contributed by atoms with van der Waals surface area (Å²) in [7, 11) is -0.339. The molecular weight excluding hydrogens is 288 g/mol. The number of carbonyl (C=O) groups excluding carboxylic acids is 1. The first-order valence-electron chi connectivity index (χ1n) is 5.68. The fraction of sp³-hybridized carbons (Fsp3) is 0.417. The lowest BCUT2D eigenvalue weighted by atomic mass is 10.1. The van der Waals surface area contributed by atoms with Gasteiger partial charge in [0.15, 0.2) is 0 Å². The van der Waals surface area contributed by atoms with Crippen LogP contribution in [-0.4, -0.2) is 38.6 Å². The third kappa shape index (κ3) is 3.84. The number of carbonyl (C=O) groups is 1. The molecule has 1 aromatic rings. The number of rotatable bonds is 4. The van der Waals surface area contributed by atoms with Crippen molar-refractivity contribution in [2.24, 2.45) is 0 Å². The van der Waals surface area contributed by atoms with Crippen LogP contribution in [0.15, 0.2) is 18.2 Å². The number of amides is 1. The van der Waals surface area contributed by atoms with Gasteiger partial charge in [0.25, 0.3) is 5.91 Å². The van der Waals surface area contributed by atoms with Crippen LogP contribution in [0.1, 0.15) is 24.2 Å². The van der Waals surface area contributed by atoms with Crippen LogP contribution in [0.4, 0.5) is 5.69 Å². The summed E-state index contributed by atoms with van der Waals surface area (Å²) in [6.45, 7) is 3.11. The Bertz CT molecular complexity index is 583. The van der Waals surface area contributed by atoms with E-state index in [2.05, 4.69) is 4.72 Å². The zero-order chi connectivity index (χ0) is 14.8. The number of anilines is 1. The van der Waals surface area contributed by atoms with E-state index in [1.165, 1.54) is 17.0 Å². The molecule has 19 heavy (non-hydrogen) atoms. The predicted octanol–water partition coefficient (Wildman–Crippen LogP) is 2.19. The second kappa shape index (κ2) is 5.79. The summed E-state index contributed by atoms with van der Waals surface area (Å²) in [5.74, 6) is -0.293. The molecule has 0 aliphatic carbocycles. The van der Waals surface area contributed by atoms with Crippen molar-refractivity contribution in [2.45, 2.75) is 19.1 Å². The minimum atomic E-state index is -3.53. The molecule has 0 heterocycles. The van der Waals surface area contributed by atoms with Crippen molar-refractivity contribution in [3.63, 3.8) is 0 Å². The maximum Gasteiger partial charge on any atom is 0.255 e. The van der Waals surface area contributed by atoms with Gasteiger partial charge in [-0.25, -0.2) is 8.42 Å². The largest absolute Gasteiger partial charge is 0.345 e. The van der Waals surface area contributed by atoms with Crippen LogP contribution in [-0.2, 0) is 10.0 Å². The van der Waals surface area contributed by atoms with Crippen molar-refractivity contribution in [2.75, 3.05) is 18.8 Å². The lowest BCUT2D eigenvalue weighted by Crippen LogP contribution is -2.26. The third-order valence-electron chi connectivity index (χ3n) is 2.49. The lowest BCUT2D eigenvalue weighted by Gasteiger charge is -2.17. The standard InChI is InChI=1S/C12H17ClN2O3S/c1-8(2)19(17,18)14-11-7-9(13)5-6-10(11)12(16)15(3)4/h5-8,14H,1-4H3. The molecule has 1 N–H and O–H groups in total. The summed E-state index contributed by atoms with van der Waals surface area (Å²) in [5, 5.41) is -0.245. The first kappa shape index (κ1) is 15.8. The maximum absolute atomic E-state index is 12.0. The second-order valence-electron chi connectivity index (χ2n) is 4.59. The van der Waals surface area contributed by atoms with Gasteiger partial charge in [0.1, 0.15) is 0 Å². The number of hydrogen-bond donors (Lipinski definition) is 1. The van der Waals surface area contributed by atoms with Crippen molar-refractivity contribution in [1.82, 2.24) is 4.90 Å². The summed E-state index contributed by atoms with van der Waals surface area (Å²) >= 11 is 5.85. The first-order chi connectivity index (χ1) is 8.65. The fourth-order valence-corrected chi connectivity index (χ4v) is 2.18. The average molecular weight is 305 g/mol. The van der Waals surface area contributed by atoms with E-state index in [1.54, 1.807) is 34.0 Å². The lowest BCUT2D eigenvalue weighted by molar-refractivity contribution is 0.0828. The van der Waals surface area contributed by atoms with Crippen LogP contribution in [0, 0.1) is 0 Å². The van der Waals surface area contributed by atoms with Gasteiger partial charge < -0.3 is 4.90 Å². The molecule has 0 fully saturated rings. The Morgan fingerprint density at radius 3 is 2.37 bits per heavy atom. The van der Waals surface area contributed by atoms with Crippen molar-refractivity contribution in [1.29, 1.82) is 0 Å². The van der Waals surface area contributed by atoms with E-state index in [0.717, 1.165) is 0 Å². The van der Waals surface area contributed by atoms with E-state index in [9.17, 15) is 13.2 Å². The van der Waals surface area contributed by atoms with Gasteiger partial charge in [-0.3, -0.25) is 9.52 Å². The molecule has 1 aromatic carbocycles. The molecule has 1 rings (SSSR count). The molecule has 1 amide bonds. The Labute approximate surface area is 118 Å². The van der Waals surface area contributed by atoms with Crippen LogP contribution >= 0.6 is 11.6 Å². The molecule has 7 heteroatoms. The average Bonchev–Trinajstić information content (AvgIpc) is 2.27. The van der Waals surface area contributed by atoms with E-state index >= 15 is 0 Å². The van der Waals surface area contributed by atoms with Gasteiger partial charge in [0.2, 0.25) is 10.0 Å². The summed E-state index contributed by atoms with van der Waals surface area (Å²) in [6, 6.07) is 4.48. The van der Waals surface area contributed by atoms with E-state index in [-0.39, 0.29) is 17.2 Å². The van der Waals surface area contributed by atoms with Gasteiger partial charge in [-0.2, -0.15) is 0 Å². The number of nitrogens with one attached hydrogen (secondary N) is 1. The topological polar surface area (TPSA) is 66.5 Å². The second-order valence-corrected chi connectivity index (χ2v) is 7.26. The van der Waals surface area contributed by atoms with Crippen LogP contribution in [0.2, 0.25) is 5.02 Å². The Morgan fingerprint density at radius 2 is 1.89 bits per heavy atom. The number of hydrogen-bond acceptors (Lipinski definition) is 3. The molecule has 106 valence electrons. The third-order valence-corrected chi connectivity index (χ3v) is 4.47. The molecule has 0 spiro atoms. The van der Waals surface area contributed by atoms with E-state index in [4.69, 9.17) is 11.6 Å². The maximum atomic E-state index is 12.0. The predicted molar refractivity (Wildman–Crippen MR) is 77.1 cm³/mol. The Morgan fingerprint density at radius 1 is 1.32 bits per heavy atom. The molecule has 0 aliphatic heterocycles. The van der Waals surface area contributed by atoms with Gasteiger partial charge in [-0.05, 0) is 32.0 Å². The number of nitrogens with zero attached hydrogens (tertiary/aromatic N) is 1. The van der Waals surface area contributed by atoms with Gasteiger partial charge in [0, 0.05) is 19.1 Å². The molecule has 0 bridgehead atoms. The molecule has 0 saturated heterocycles. The van der Waals surface area contributed by atoms with Crippen LogP contribution < -0.4 is 4.72 Å². The van der Waals surface area contributed by atoms with Crippen LogP contribution in [0.25, 0.3) is 0 Å². The first-order valence-corrected chi connectivity index (χ1v) is 7.60. The monoisotopic (exact) mass is 304 g/mol. The minimum absolute atomic E-state index is 0.194. The number of sulfonamides is 1. The highest BCUT2D eigenvalue weighted by atomic mass is 35.5. The number of halogens is 1. The highest BCUT2D eigenvalue weighted by Crippen LogP contribution is 2.24. The summed E-state index contributed by atoms with van der Waals surface area (Å²) in [4.78, 5) is 13.4. The molecule has 0 aromatic heterocycles. The summed E-state index contributed by atoms with van der Waals surface area (Å²) in [6.07, 6.45) is 0. The summed E-state index contributed by atoms with van der Waals surface area (Å²) < 4.78 is 26.2. The van der Waals surface area contributed by atoms with Crippen molar-refractivity contribution >= 4 is 33.2 Å². The Kier molecular flexibility index (Phi) is 4.81. The van der Waals surface area contributed by atoms with Crippen molar-refractivity contribution in [3.8, 4) is 0 Å². The molecule has 0 saturated carbocycles. The van der Waals surface area contributed by atoms with Crippen LogP contribution in [0.3, 0.4) is 0 Å². The highest BCUT2D eigenvalue weighted by Gasteiger charge is 2.20. The molecule has 5 nitrogen and oxygen atoms in total. The van der Waals surface area contributed by atoms with E-state index < -0.39 is 15.3 Å². The molecule has 0 atom stereocenters. The SMILES string of the molecule is CC(C)S(=O)(=O)Nc1cc(Cl)ccc1C(=O)N(C)C. The van der Waals surface area contributed by atoms with Crippen LogP contribution in [0.5, 0.6) is 0 Å². The van der Waals surface area contributed by atoms with Gasteiger partial charge in [-0.15, -0.1) is 0 Å². The minimum Gasteiger partial charge on any atom is -0.345 e. The zero-order valence-electron chi connectivity index (χ0n) is 11.3. The Balaban J connectivity index is 3.27. The van der Waals surface area contributed by atoms with Crippen molar-refractivity contribution < 1.29 is 13.2 Å². The van der Waals surface area contributed by atoms with Gasteiger partial charge in [-0.1, -0.05) is 11.6 Å². The van der Waals surface area contributed by atoms with Crippen molar-refractivity contribution in [3.05, 3.63) is 28.8 Å². The quantitative estimate of drug-likeness (QED) is 0.927. The van der Waals surface area contributed by atoms with E-state index in [1.807, 2.05) is 0 Å². The Hall–Kier alpha value is -1.27. The zero-order valence-corrected chi connectivity index (χ0v) is 12.8. The molecule has 0 aliphatic rings. The van der Waals surface area contributed by atoms with Gasteiger partial charge in [0.05, 0.1) is 16.5 Å². The molecular formula is C12H17ClN2O3S. The highest BCUT2D eigenvalue weighted by molar-refractivity contribution is 7.93. The smallest absolute Gasteiger partial charge is 0.255 e. The molecule has 0 radical (unpaired) electrons. The summed E-state index contributed by atoms with van der Waals surface area (Å²) in [5.41, 5.74) is 0.457. The van der Waals surface area contributed by atoms with Gasteiger partial charge >= 0.3 is 0 Å². The number of benzene rings is 1. The normalized spacial score (nSPS) is 11.5. The fourth-order valence-electron chi connectivity index (χ4n) is 1.30.